The summed E-state index contributed by atoms with van der Waals surface area (Å²) in [5, 5.41) is 0. The van der Waals surface area contributed by atoms with Crippen molar-refractivity contribution in [2.24, 2.45) is 0 Å². The average Bonchev–Trinajstić information content (AvgIpc) is 2.91. The molecule has 37 heavy (non-hydrogen) atoms. The van der Waals surface area contributed by atoms with Gasteiger partial charge in [-0.05, 0) is 24.3 Å². The quantitative estimate of drug-likeness (QED) is 0.538. The summed E-state index contributed by atoms with van der Waals surface area (Å²) < 4.78 is 59.6. The van der Waals surface area contributed by atoms with Gasteiger partial charge in [0.05, 0.1) is 38.5 Å². The molecule has 7 nitrogen and oxygen atoms in total. The molecule has 4 rings (SSSR count). The van der Waals surface area contributed by atoms with Crippen molar-refractivity contribution in [3.05, 3.63) is 53.7 Å². The number of hydrogen-bond donors (Lipinski definition) is 1. The van der Waals surface area contributed by atoms with Gasteiger partial charge in [-0.3, -0.25) is 19.6 Å². The zero-order valence-corrected chi connectivity index (χ0v) is 21.1. The minimum atomic E-state index is -4.59. The number of amides is 1. The average molecular weight is 525 g/mol. The van der Waals surface area contributed by atoms with Gasteiger partial charge in [-0.25, -0.2) is 9.37 Å². The first kappa shape index (κ1) is 27.4. The molecule has 0 bridgehead atoms. The van der Waals surface area contributed by atoms with Gasteiger partial charge in [0, 0.05) is 51.5 Å². The molecule has 2 fully saturated rings. The summed E-state index contributed by atoms with van der Waals surface area (Å²) in [5.41, 5.74) is -0.899. The molecule has 0 aliphatic carbocycles. The van der Waals surface area contributed by atoms with Crippen LogP contribution in [0.25, 0.3) is 0 Å². The number of aromatic nitrogens is 2. The lowest BCUT2D eigenvalue weighted by Gasteiger charge is -2.48. The van der Waals surface area contributed by atoms with E-state index in [1.54, 1.807) is 19.2 Å². The van der Waals surface area contributed by atoms with Crippen LogP contribution in [0.15, 0.2) is 36.5 Å². The standard InChI is InChI=1S/C26H33F4N5O2/c1-2-24(36)35(23-7-3-6-22(32-23)26(28,29)30)19-25(9-17-37-18-10-25)34-15-13-33(14-16-34)12-8-21-20(27)5-4-11-31-21/h3-7,11H,2,8-10,12-19H2,1H3/p+1. The van der Waals surface area contributed by atoms with E-state index in [0.29, 0.717) is 44.7 Å². The number of nitrogens with one attached hydrogen (secondary N) is 1. The van der Waals surface area contributed by atoms with Crippen molar-refractivity contribution in [1.82, 2.24) is 14.9 Å². The van der Waals surface area contributed by atoms with Gasteiger partial charge in [0.25, 0.3) is 0 Å². The summed E-state index contributed by atoms with van der Waals surface area (Å²) in [6, 6.07) is 6.69. The number of piperazine rings is 1. The molecule has 2 saturated heterocycles. The summed E-state index contributed by atoms with van der Waals surface area (Å²) in [6.45, 7) is 7.00. The van der Waals surface area contributed by atoms with Crippen molar-refractivity contribution in [3.8, 4) is 0 Å². The highest BCUT2D eigenvalue weighted by atomic mass is 19.4. The first-order valence-electron chi connectivity index (χ1n) is 12.8. The maximum absolute atomic E-state index is 13.9. The SMILES string of the molecule is CCC(=O)N(CC1([NH+]2CCN(CCc3ncccc3F)CC2)CCOCC1)c1cccc(C(F)(F)F)n1. The molecule has 1 N–H and O–H groups in total. The molecule has 202 valence electrons. The molecule has 0 spiro atoms. The van der Waals surface area contributed by atoms with Crippen LogP contribution in [0.4, 0.5) is 23.4 Å². The van der Waals surface area contributed by atoms with Gasteiger partial charge in [0.1, 0.15) is 22.9 Å². The highest BCUT2D eigenvalue weighted by molar-refractivity contribution is 5.92. The van der Waals surface area contributed by atoms with Crippen LogP contribution in [0.3, 0.4) is 0 Å². The van der Waals surface area contributed by atoms with E-state index in [1.165, 1.54) is 28.0 Å². The maximum atomic E-state index is 13.9. The summed E-state index contributed by atoms with van der Waals surface area (Å²) in [5.74, 6) is -0.520. The molecular weight excluding hydrogens is 490 g/mol. The molecule has 2 aromatic rings. The lowest BCUT2D eigenvalue weighted by molar-refractivity contribution is -0.957. The Morgan fingerprint density at radius 3 is 2.54 bits per heavy atom. The Labute approximate surface area is 214 Å². The van der Waals surface area contributed by atoms with Gasteiger partial charge in [0.2, 0.25) is 5.91 Å². The Morgan fingerprint density at radius 1 is 1.16 bits per heavy atom. The predicted molar refractivity (Wildman–Crippen MR) is 130 cm³/mol. The fourth-order valence-corrected chi connectivity index (χ4v) is 5.35. The molecule has 0 aromatic carbocycles. The van der Waals surface area contributed by atoms with E-state index in [2.05, 4.69) is 14.9 Å². The number of hydrogen-bond acceptors (Lipinski definition) is 5. The second-order valence-electron chi connectivity index (χ2n) is 9.73. The molecule has 2 aliphatic rings. The fraction of sp³-hybridized carbons (Fsp3) is 0.577. The predicted octanol–water partition coefficient (Wildman–Crippen LogP) is 2.37. The maximum Gasteiger partial charge on any atom is 0.433 e. The molecule has 0 saturated carbocycles. The normalized spacial score (nSPS) is 19.1. The number of carbonyl (C=O) groups excluding carboxylic acids is 1. The minimum absolute atomic E-state index is 0.0305. The van der Waals surface area contributed by atoms with Crippen LogP contribution in [-0.4, -0.2) is 78.8 Å². The number of halogens is 4. The Morgan fingerprint density at radius 2 is 1.89 bits per heavy atom. The number of carbonyl (C=O) groups is 1. The van der Waals surface area contributed by atoms with Gasteiger partial charge in [-0.15, -0.1) is 0 Å². The molecule has 0 radical (unpaired) electrons. The van der Waals surface area contributed by atoms with Gasteiger partial charge in [0.15, 0.2) is 0 Å². The number of quaternary nitrogens is 1. The highest BCUT2D eigenvalue weighted by Gasteiger charge is 2.46. The zero-order chi connectivity index (χ0) is 26.5. The molecule has 2 aliphatic heterocycles. The van der Waals surface area contributed by atoms with E-state index in [-0.39, 0.29) is 36.0 Å². The largest absolute Gasteiger partial charge is 0.433 e. The van der Waals surface area contributed by atoms with E-state index in [1.807, 2.05) is 0 Å². The van der Waals surface area contributed by atoms with Gasteiger partial charge < -0.3 is 9.64 Å². The third-order valence-electron chi connectivity index (χ3n) is 7.52. The number of ether oxygens (including phenoxy) is 1. The third-order valence-corrected chi connectivity index (χ3v) is 7.52. The highest BCUT2D eigenvalue weighted by Crippen LogP contribution is 2.30. The minimum Gasteiger partial charge on any atom is -0.381 e. The second-order valence-corrected chi connectivity index (χ2v) is 9.73. The third kappa shape index (κ3) is 6.63. The lowest BCUT2D eigenvalue weighted by atomic mass is 9.86. The number of alkyl halides is 3. The number of pyridine rings is 2. The van der Waals surface area contributed by atoms with Crippen LogP contribution >= 0.6 is 0 Å². The van der Waals surface area contributed by atoms with Crippen LogP contribution in [0.1, 0.15) is 37.6 Å². The fourth-order valence-electron chi connectivity index (χ4n) is 5.35. The van der Waals surface area contributed by atoms with Crippen LogP contribution < -0.4 is 9.80 Å². The van der Waals surface area contributed by atoms with Crippen LogP contribution in [0, 0.1) is 5.82 Å². The molecule has 0 atom stereocenters. The Kier molecular flexibility index (Phi) is 8.76. The van der Waals surface area contributed by atoms with E-state index >= 15 is 0 Å². The number of anilines is 1. The van der Waals surface area contributed by atoms with Crippen molar-refractivity contribution in [2.75, 3.05) is 57.4 Å². The van der Waals surface area contributed by atoms with Crippen LogP contribution in [0.2, 0.25) is 0 Å². The summed E-state index contributed by atoms with van der Waals surface area (Å²) >= 11 is 0. The Hall–Kier alpha value is -2.63. The van der Waals surface area contributed by atoms with Crippen molar-refractivity contribution < 1.29 is 32.0 Å². The lowest BCUT2D eigenvalue weighted by Crippen LogP contribution is -3.23. The van der Waals surface area contributed by atoms with Gasteiger partial charge >= 0.3 is 6.18 Å². The van der Waals surface area contributed by atoms with E-state index in [9.17, 15) is 22.4 Å². The second kappa shape index (κ2) is 11.8. The first-order chi connectivity index (χ1) is 17.7. The molecule has 1 amide bonds. The topological polar surface area (TPSA) is 63.0 Å². The number of rotatable bonds is 8. The van der Waals surface area contributed by atoms with Crippen LogP contribution in [-0.2, 0) is 22.1 Å². The molecular formula is C26H34F4N5O2+. The smallest absolute Gasteiger partial charge is 0.381 e. The summed E-state index contributed by atoms with van der Waals surface area (Å²) in [6.07, 6.45) is -0.897. The van der Waals surface area contributed by atoms with Crippen molar-refractivity contribution in [3.63, 3.8) is 0 Å². The van der Waals surface area contributed by atoms with Gasteiger partial charge in [-0.2, -0.15) is 13.2 Å². The Balaban J connectivity index is 1.48. The molecule has 2 aromatic heterocycles. The first-order valence-corrected chi connectivity index (χ1v) is 12.8. The van der Waals surface area contributed by atoms with E-state index in [0.717, 1.165) is 32.2 Å². The van der Waals surface area contributed by atoms with Gasteiger partial charge in [-0.1, -0.05) is 13.0 Å². The zero-order valence-electron chi connectivity index (χ0n) is 21.1. The molecule has 0 unspecified atom stereocenters. The number of nitrogens with zero attached hydrogens (tertiary/aromatic N) is 4. The van der Waals surface area contributed by atoms with Crippen molar-refractivity contribution in [1.29, 1.82) is 0 Å². The van der Waals surface area contributed by atoms with Crippen LogP contribution in [0.5, 0.6) is 0 Å². The summed E-state index contributed by atoms with van der Waals surface area (Å²) in [7, 11) is 0. The van der Waals surface area contributed by atoms with E-state index in [4.69, 9.17) is 4.74 Å². The summed E-state index contributed by atoms with van der Waals surface area (Å²) in [4.78, 5) is 26.0. The molecule has 4 heterocycles. The monoisotopic (exact) mass is 524 g/mol. The van der Waals surface area contributed by atoms with Crippen molar-refractivity contribution >= 4 is 11.7 Å². The van der Waals surface area contributed by atoms with Crippen molar-refractivity contribution in [2.45, 2.75) is 44.3 Å². The molecule has 11 heteroatoms. The van der Waals surface area contributed by atoms with E-state index < -0.39 is 11.9 Å². The Bertz CT molecular complexity index is 1050.